The van der Waals surface area contributed by atoms with Crippen molar-refractivity contribution in [1.82, 2.24) is 20.4 Å². The Hall–Kier alpha value is -2.19. The maximum absolute atomic E-state index is 12.7. The highest BCUT2D eigenvalue weighted by Crippen LogP contribution is 2.21. The van der Waals surface area contributed by atoms with Crippen molar-refractivity contribution in [3.8, 4) is 0 Å². The molecule has 0 radical (unpaired) electrons. The lowest BCUT2D eigenvalue weighted by molar-refractivity contribution is -0.126. The van der Waals surface area contributed by atoms with Gasteiger partial charge in [0.05, 0.1) is 22.6 Å². The zero-order valence-electron chi connectivity index (χ0n) is 14.0. The SMILES string of the molecule is Cc1noc2ncc(C(=O)N3CCCC(C(=O)NCCN)C3)cc12.Cl. The van der Waals surface area contributed by atoms with Crippen molar-refractivity contribution in [3.05, 3.63) is 23.5 Å². The van der Waals surface area contributed by atoms with Crippen molar-refractivity contribution < 1.29 is 14.1 Å². The fraction of sp³-hybridized carbons (Fsp3) is 0.500. The molecule has 2 amide bonds. The van der Waals surface area contributed by atoms with Gasteiger partial charge in [-0.2, -0.15) is 0 Å². The molecule has 136 valence electrons. The molecular weight excluding hydrogens is 346 g/mol. The van der Waals surface area contributed by atoms with E-state index in [4.69, 9.17) is 10.3 Å². The highest BCUT2D eigenvalue weighted by atomic mass is 35.5. The zero-order valence-corrected chi connectivity index (χ0v) is 14.8. The molecule has 1 aliphatic rings. The van der Waals surface area contributed by atoms with Crippen LogP contribution < -0.4 is 11.1 Å². The quantitative estimate of drug-likeness (QED) is 0.829. The first kappa shape index (κ1) is 19.1. The molecule has 0 aromatic carbocycles. The molecule has 9 heteroatoms. The van der Waals surface area contributed by atoms with E-state index >= 15 is 0 Å². The molecule has 2 aromatic heterocycles. The number of likely N-dealkylation sites (tertiary alicyclic amines) is 1. The van der Waals surface area contributed by atoms with E-state index in [9.17, 15) is 9.59 Å². The van der Waals surface area contributed by atoms with Gasteiger partial charge in [0.2, 0.25) is 5.91 Å². The van der Waals surface area contributed by atoms with Crippen molar-refractivity contribution in [3.63, 3.8) is 0 Å². The first-order valence-corrected chi connectivity index (χ1v) is 8.09. The molecule has 0 spiro atoms. The monoisotopic (exact) mass is 367 g/mol. The number of nitrogens with one attached hydrogen (secondary N) is 1. The number of hydrogen-bond acceptors (Lipinski definition) is 6. The Morgan fingerprint density at radius 1 is 1.48 bits per heavy atom. The molecule has 0 aliphatic carbocycles. The number of aromatic nitrogens is 2. The van der Waals surface area contributed by atoms with Gasteiger partial charge in [0.1, 0.15) is 0 Å². The van der Waals surface area contributed by atoms with Gasteiger partial charge in [0, 0.05) is 32.4 Å². The number of amides is 2. The number of nitrogens with zero attached hydrogens (tertiary/aromatic N) is 3. The average molecular weight is 368 g/mol. The van der Waals surface area contributed by atoms with Crippen molar-refractivity contribution in [1.29, 1.82) is 0 Å². The molecule has 0 saturated carbocycles. The topological polar surface area (TPSA) is 114 Å². The van der Waals surface area contributed by atoms with Crippen molar-refractivity contribution >= 4 is 35.3 Å². The van der Waals surface area contributed by atoms with Crippen molar-refractivity contribution in [2.75, 3.05) is 26.2 Å². The maximum atomic E-state index is 12.7. The van der Waals surface area contributed by atoms with Crippen LogP contribution in [0.25, 0.3) is 11.1 Å². The first-order valence-electron chi connectivity index (χ1n) is 8.09. The van der Waals surface area contributed by atoms with Gasteiger partial charge in [0.25, 0.3) is 11.6 Å². The summed E-state index contributed by atoms with van der Waals surface area (Å²) < 4.78 is 5.07. The van der Waals surface area contributed by atoms with Gasteiger partial charge in [-0.15, -0.1) is 12.4 Å². The summed E-state index contributed by atoms with van der Waals surface area (Å²) in [5.74, 6) is -0.356. The van der Waals surface area contributed by atoms with Gasteiger partial charge >= 0.3 is 0 Å². The lowest BCUT2D eigenvalue weighted by atomic mass is 9.96. The minimum atomic E-state index is -0.191. The number of carbonyl (C=O) groups excluding carboxylic acids is 2. The van der Waals surface area contributed by atoms with Crippen LogP contribution in [-0.2, 0) is 4.79 Å². The summed E-state index contributed by atoms with van der Waals surface area (Å²) in [4.78, 5) is 30.7. The fourth-order valence-corrected chi connectivity index (χ4v) is 2.96. The molecular formula is C16H22ClN5O3. The van der Waals surface area contributed by atoms with Crippen LogP contribution in [0, 0.1) is 12.8 Å². The van der Waals surface area contributed by atoms with Gasteiger partial charge < -0.3 is 20.5 Å². The number of piperidine rings is 1. The summed E-state index contributed by atoms with van der Waals surface area (Å²) in [5.41, 5.74) is 7.01. The van der Waals surface area contributed by atoms with E-state index in [0.29, 0.717) is 43.1 Å². The van der Waals surface area contributed by atoms with Crippen LogP contribution in [0.3, 0.4) is 0 Å². The second kappa shape index (κ2) is 8.26. The van der Waals surface area contributed by atoms with E-state index in [1.165, 1.54) is 6.20 Å². The Kier molecular flexibility index (Phi) is 6.33. The Labute approximate surface area is 151 Å². The van der Waals surface area contributed by atoms with E-state index in [0.717, 1.165) is 18.2 Å². The Balaban J connectivity index is 0.00000225. The number of carbonyl (C=O) groups is 2. The molecule has 3 N–H and O–H groups in total. The van der Waals surface area contributed by atoms with Crippen molar-refractivity contribution in [2.45, 2.75) is 19.8 Å². The fourth-order valence-electron chi connectivity index (χ4n) is 2.96. The van der Waals surface area contributed by atoms with Crippen LogP contribution in [0.1, 0.15) is 28.9 Å². The molecule has 25 heavy (non-hydrogen) atoms. The largest absolute Gasteiger partial charge is 0.355 e. The van der Waals surface area contributed by atoms with Crippen LogP contribution in [0.15, 0.2) is 16.8 Å². The molecule has 3 heterocycles. The summed E-state index contributed by atoms with van der Waals surface area (Å²) in [5, 5.41) is 7.37. The average Bonchev–Trinajstić information content (AvgIpc) is 2.99. The smallest absolute Gasteiger partial charge is 0.257 e. The van der Waals surface area contributed by atoms with Crippen molar-refractivity contribution in [2.24, 2.45) is 11.7 Å². The molecule has 0 bridgehead atoms. The summed E-state index contributed by atoms with van der Waals surface area (Å²) in [6, 6.07) is 1.74. The van der Waals surface area contributed by atoms with Gasteiger partial charge in [-0.25, -0.2) is 4.98 Å². The lowest BCUT2D eigenvalue weighted by Gasteiger charge is -2.32. The van der Waals surface area contributed by atoms with Crippen LogP contribution in [-0.4, -0.2) is 53.0 Å². The molecule has 1 unspecified atom stereocenters. The Morgan fingerprint density at radius 2 is 2.28 bits per heavy atom. The molecule has 1 fully saturated rings. The number of nitrogens with two attached hydrogens (primary N) is 1. The van der Waals surface area contributed by atoms with E-state index in [-0.39, 0.29) is 30.1 Å². The van der Waals surface area contributed by atoms with E-state index < -0.39 is 0 Å². The number of halogens is 1. The van der Waals surface area contributed by atoms with Gasteiger partial charge in [-0.05, 0) is 25.8 Å². The Bertz CT molecular complexity index is 763. The third-order valence-electron chi connectivity index (χ3n) is 4.28. The van der Waals surface area contributed by atoms with Crippen LogP contribution >= 0.6 is 12.4 Å². The summed E-state index contributed by atoms with van der Waals surface area (Å²) in [6.07, 6.45) is 3.07. The number of hydrogen-bond donors (Lipinski definition) is 2. The molecule has 2 aromatic rings. The van der Waals surface area contributed by atoms with Gasteiger partial charge in [0.15, 0.2) is 0 Å². The third-order valence-corrected chi connectivity index (χ3v) is 4.28. The van der Waals surface area contributed by atoms with Crippen LogP contribution in [0.5, 0.6) is 0 Å². The number of rotatable bonds is 4. The second-order valence-corrected chi connectivity index (χ2v) is 6.01. The van der Waals surface area contributed by atoms with Crippen LogP contribution in [0.4, 0.5) is 0 Å². The van der Waals surface area contributed by atoms with E-state index in [2.05, 4.69) is 15.5 Å². The Morgan fingerprint density at radius 3 is 3.04 bits per heavy atom. The summed E-state index contributed by atoms with van der Waals surface area (Å²) in [6.45, 7) is 3.72. The molecule has 1 aliphatic heterocycles. The predicted octanol–water partition coefficient (Wildman–Crippen LogP) is 0.880. The van der Waals surface area contributed by atoms with E-state index in [1.54, 1.807) is 17.9 Å². The highest BCUT2D eigenvalue weighted by Gasteiger charge is 2.29. The van der Waals surface area contributed by atoms with Gasteiger partial charge in [-0.3, -0.25) is 9.59 Å². The highest BCUT2D eigenvalue weighted by molar-refractivity contribution is 5.97. The van der Waals surface area contributed by atoms with Crippen LogP contribution in [0.2, 0.25) is 0 Å². The minimum absolute atomic E-state index is 0. The van der Waals surface area contributed by atoms with E-state index in [1.807, 2.05) is 0 Å². The van der Waals surface area contributed by atoms with Gasteiger partial charge in [-0.1, -0.05) is 5.16 Å². The summed E-state index contributed by atoms with van der Waals surface area (Å²) in [7, 11) is 0. The molecule has 8 nitrogen and oxygen atoms in total. The zero-order chi connectivity index (χ0) is 17.1. The third kappa shape index (κ3) is 4.08. The standard InChI is InChI=1S/C16H21N5O3.ClH/c1-10-13-7-12(8-19-15(13)24-20-10)16(23)21-6-2-3-11(9-21)14(22)18-5-4-17;/h7-8,11H,2-6,9,17H2,1H3,(H,18,22);1H. The predicted molar refractivity (Wildman–Crippen MR) is 94.5 cm³/mol. The second-order valence-electron chi connectivity index (χ2n) is 6.01. The lowest BCUT2D eigenvalue weighted by Crippen LogP contribution is -2.46. The molecule has 1 atom stereocenters. The number of fused-ring (bicyclic) bond motifs is 1. The molecule has 1 saturated heterocycles. The number of aryl methyl sites for hydroxylation is 1. The first-order chi connectivity index (χ1) is 11.6. The number of pyridine rings is 1. The minimum Gasteiger partial charge on any atom is -0.355 e. The summed E-state index contributed by atoms with van der Waals surface area (Å²) >= 11 is 0. The maximum Gasteiger partial charge on any atom is 0.257 e. The molecule has 3 rings (SSSR count). The normalized spacial score (nSPS) is 17.2.